The number of fused-ring (bicyclic) bond motifs is 1. The second-order valence-corrected chi connectivity index (χ2v) is 7.60. The number of rotatable bonds is 4. The molecule has 3 aromatic carbocycles. The van der Waals surface area contributed by atoms with Crippen LogP contribution in [0.2, 0.25) is 0 Å². The van der Waals surface area contributed by atoms with Crippen LogP contribution in [-0.2, 0) is 12.7 Å². The van der Waals surface area contributed by atoms with Gasteiger partial charge in [-0.1, -0.05) is 36.4 Å². The van der Waals surface area contributed by atoms with Crippen LogP contribution in [0.15, 0.2) is 71.1 Å². The molecule has 0 aliphatic carbocycles. The lowest BCUT2D eigenvalue weighted by molar-refractivity contribution is -0.137. The van der Waals surface area contributed by atoms with E-state index >= 15 is 0 Å². The van der Waals surface area contributed by atoms with E-state index in [9.17, 15) is 26.7 Å². The number of carbonyl (C=O) groups is 1. The smallest absolute Gasteiger partial charge is 0.415 e. The fourth-order valence-corrected chi connectivity index (χ4v) is 3.86. The van der Waals surface area contributed by atoms with E-state index in [1.54, 1.807) is 36.4 Å². The van der Waals surface area contributed by atoms with Gasteiger partial charge in [-0.25, -0.2) is 0 Å². The van der Waals surface area contributed by atoms with Crippen LogP contribution in [-0.4, -0.2) is 16.1 Å². The minimum absolute atomic E-state index is 0.130. The predicted molar refractivity (Wildman–Crippen MR) is 112 cm³/mol. The number of para-hydroxylation sites is 1. The van der Waals surface area contributed by atoms with Crippen molar-refractivity contribution in [2.75, 3.05) is 4.90 Å². The van der Waals surface area contributed by atoms with Crippen molar-refractivity contribution in [3.8, 4) is 22.6 Å². The van der Waals surface area contributed by atoms with Gasteiger partial charge in [0.25, 0.3) is 11.8 Å². The molecule has 0 saturated carbocycles. The van der Waals surface area contributed by atoms with Gasteiger partial charge in [0.2, 0.25) is 5.89 Å². The summed E-state index contributed by atoms with van der Waals surface area (Å²) in [7, 11) is 0. The van der Waals surface area contributed by atoms with Crippen LogP contribution in [0.4, 0.5) is 27.6 Å². The van der Waals surface area contributed by atoms with Gasteiger partial charge in [0.05, 0.1) is 17.8 Å². The third-order valence-electron chi connectivity index (χ3n) is 5.51. The minimum Gasteiger partial charge on any atom is -0.415 e. The third kappa shape index (κ3) is 3.81. The van der Waals surface area contributed by atoms with E-state index in [0.717, 1.165) is 12.1 Å². The highest BCUT2D eigenvalue weighted by molar-refractivity contribution is 6.12. The topological polar surface area (TPSA) is 59.2 Å². The van der Waals surface area contributed by atoms with Crippen molar-refractivity contribution in [3.63, 3.8) is 0 Å². The standard InChI is InChI=1S/C24H14F5N3O2/c25-20(26)22-31-30-21(34-22)14-5-6-15-12-32(23(33)18(15)11-14)19-4-2-1-3-17(19)13-7-9-16(10-8-13)24(27,28)29/h1-11,20H,12H2. The molecule has 0 unspecified atom stereocenters. The minimum atomic E-state index is -4.45. The average molecular weight is 471 g/mol. The lowest BCUT2D eigenvalue weighted by Crippen LogP contribution is -2.23. The Morgan fingerprint density at radius 1 is 0.882 bits per heavy atom. The summed E-state index contributed by atoms with van der Waals surface area (Å²) in [6.45, 7) is 0.234. The number of hydrogen-bond acceptors (Lipinski definition) is 4. The van der Waals surface area contributed by atoms with Crippen LogP contribution >= 0.6 is 0 Å². The van der Waals surface area contributed by atoms with Crippen molar-refractivity contribution in [1.82, 2.24) is 10.2 Å². The maximum atomic E-state index is 13.3. The van der Waals surface area contributed by atoms with Crippen molar-refractivity contribution < 1.29 is 31.2 Å². The first kappa shape index (κ1) is 21.7. The molecule has 1 aliphatic rings. The highest BCUT2D eigenvalue weighted by Crippen LogP contribution is 2.38. The molecule has 0 saturated heterocycles. The Hall–Kier alpha value is -4.08. The Balaban J connectivity index is 1.48. The number of alkyl halides is 5. The van der Waals surface area contributed by atoms with Crippen molar-refractivity contribution >= 4 is 11.6 Å². The molecular weight excluding hydrogens is 457 g/mol. The zero-order valence-corrected chi connectivity index (χ0v) is 17.2. The quantitative estimate of drug-likeness (QED) is 0.318. The van der Waals surface area contributed by atoms with Gasteiger partial charge in [0.15, 0.2) is 0 Å². The van der Waals surface area contributed by atoms with E-state index in [1.807, 2.05) is 0 Å². The lowest BCUT2D eigenvalue weighted by Gasteiger charge is -2.20. The summed E-state index contributed by atoms with van der Waals surface area (Å²) < 4.78 is 69.3. The largest absolute Gasteiger partial charge is 0.416 e. The van der Waals surface area contributed by atoms with Gasteiger partial charge in [0, 0.05) is 16.7 Å². The molecule has 1 aromatic heterocycles. The van der Waals surface area contributed by atoms with Crippen molar-refractivity contribution in [1.29, 1.82) is 0 Å². The van der Waals surface area contributed by atoms with Crippen LogP contribution < -0.4 is 4.90 Å². The molecule has 10 heteroatoms. The number of hydrogen-bond donors (Lipinski definition) is 0. The van der Waals surface area contributed by atoms with E-state index in [4.69, 9.17) is 4.42 Å². The van der Waals surface area contributed by atoms with Gasteiger partial charge in [0.1, 0.15) is 0 Å². The summed E-state index contributed by atoms with van der Waals surface area (Å²) in [6, 6.07) is 16.4. The van der Waals surface area contributed by atoms with Gasteiger partial charge >= 0.3 is 12.6 Å². The molecule has 4 aromatic rings. The molecule has 0 atom stereocenters. The first-order valence-electron chi connectivity index (χ1n) is 10.1. The molecule has 2 heterocycles. The third-order valence-corrected chi connectivity index (χ3v) is 5.51. The highest BCUT2D eigenvalue weighted by atomic mass is 19.4. The van der Waals surface area contributed by atoms with Gasteiger partial charge < -0.3 is 9.32 Å². The van der Waals surface area contributed by atoms with Crippen LogP contribution in [0.25, 0.3) is 22.6 Å². The normalized spacial score (nSPS) is 13.6. The summed E-state index contributed by atoms with van der Waals surface area (Å²) in [6.07, 6.45) is -7.36. The Labute approximate surface area is 189 Å². The molecule has 0 radical (unpaired) electrons. The van der Waals surface area contributed by atoms with E-state index in [0.29, 0.717) is 33.5 Å². The molecule has 34 heavy (non-hydrogen) atoms. The molecule has 1 amide bonds. The Morgan fingerprint density at radius 3 is 2.26 bits per heavy atom. The van der Waals surface area contributed by atoms with Gasteiger partial charge in [-0.05, 0) is 41.5 Å². The zero-order valence-electron chi connectivity index (χ0n) is 17.2. The zero-order chi connectivity index (χ0) is 24.0. The van der Waals surface area contributed by atoms with Crippen LogP contribution in [0, 0.1) is 0 Å². The van der Waals surface area contributed by atoms with Gasteiger partial charge in [-0.2, -0.15) is 22.0 Å². The SMILES string of the molecule is O=C1c2cc(-c3nnc(C(F)F)o3)ccc2CN1c1ccccc1-c1ccc(C(F)(F)F)cc1. The Morgan fingerprint density at radius 2 is 1.59 bits per heavy atom. The molecule has 1 aliphatic heterocycles. The fraction of sp³-hybridized carbons (Fsp3) is 0.125. The summed E-state index contributed by atoms with van der Waals surface area (Å²) in [5.41, 5.74) is 2.25. The average Bonchev–Trinajstić information content (AvgIpc) is 3.44. The predicted octanol–water partition coefficient (Wildman–Crippen LogP) is 6.52. The second-order valence-electron chi connectivity index (χ2n) is 7.60. The van der Waals surface area contributed by atoms with Crippen molar-refractivity contribution in [2.24, 2.45) is 0 Å². The summed E-state index contributed by atoms with van der Waals surface area (Å²) in [5, 5.41) is 6.91. The molecule has 0 fully saturated rings. The number of carbonyl (C=O) groups excluding carboxylic acids is 1. The van der Waals surface area contributed by atoms with Crippen LogP contribution in [0.3, 0.4) is 0 Å². The number of anilines is 1. The van der Waals surface area contributed by atoms with Crippen LogP contribution in [0.1, 0.15) is 33.8 Å². The Kier molecular flexibility index (Phi) is 5.15. The van der Waals surface area contributed by atoms with E-state index in [2.05, 4.69) is 10.2 Å². The molecule has 0 N–H and O–H groups in total. The van der Waals surface area contributed by atoms with Crippen molar-refractivity contribution in [3.05, 3.63) is 89.3 Å². The number of aromatic nitrogens is 2. The maximum absolute atomic E-state index is 13.3. The Bertz CT molecular complexity index is 1380. The molecule has 172 valence electrons. The summed E-state index contributed by atoms with van der Waals surface area (Å²) >= 11 is 0. The first-order valence-corrected chi connectivity index (χ1v) is 10.1. The fourth-order valence-electron chi connectivity index (χ4n) is 3.86. The first-order chi connectivity index (χ1) is 16.2. The molecule has 5 rings (SSSR count). The van der Waals surface area contributed by atoms with E-state index in [-0.39, 0.29) is 18.3 Å². The number of halogens is 5. The van der Waals surface area contributed by atoms with Crippen molar-refractivity contribution in [2.45, 2.75) is 19.1 Å². The van der Waals surface area contributed by atoms with Crippen LogP contribution in [0.5, 0.6) is 0 Å². The number of benzene rings is 3. The number of amides is 1. The van der Waals surface area contributed by atoms with E-state index in [1.165, 1.54) is 23.1 Å². The van der Waals surface area contributed by atoms with Gasteiger partial charge in [-0.15, -0.1) is 10.2 Å². The molecule has 5 nitrogen and oxygen atoms in total. The van der Waals surface area contributed by atoms with E-state index < -0.39 is 24.1 Å². The lowest BCUT2D eigenvalue weighted by atomic mass is 10.0. The molecule has 0 spiro atoms. The second kappa shape index (κ2) is 8.05. The summed E-state index contributed by atoms with van der Waals surface area (Å²) in [4.78, 5) is 14.8. The molecule has 0 bridgehead atoms. The summed E-state index contributed by atoms with van der Waals surface area (Å²) in [5.74, 6) is -1.28. The maximum Gasteiger partial charge on any atom is 0.416 e. The molecular formula is C24H14F5N3O2. The number of nitrogens with zero attached hydrogens (tertiary/aromatic N) is 3. The monoisotopic (exact) mass is 471 g/mol. The van der Waals surface area contributed by atoms with Gasteiger partial charge in [-0.3, -0.25) is 4.79 Å². The highest BCUT2D eigenvalue weighted by Gasteiger charge is 2.32.